The monoisotopic (exact) mass is 448 g/mol. The van der Waals surface area contributed by atoms with Crippen molar-refractivity contribution in [1.29, 1.82) is 5.26 Å². The molecule has 3 atom stereocenters. The molecule has 1 saturated carbocycles. The van der Waals surface area contributed by atoms with E-state index >= 15 is 0 Å². The molecule has 0 radical (unpaired) electrons. The van der Waals surface area contributed by atoms with Crippen LogP contribution in [0.25, 0.3) is 0 Å². The average molecular weight is 449 g/mol. The zero-order valence-corrected chi connectivity index (χ0v) is 18.7. The Morgan fingerprint density at radius 3 is 2.70 bits per heavy atom. The number of hydrogen-bond acceptors (Lipinski definition) is 5. The van der Waals surface area contributed by atoms with Gasteiger partial charge in [-0.1, -0.05) is 13.0 Å². The molecule has 0 bridgehead atoms. The molecule has 8 heteroatoms. The van der Waals surface area contributed by atoms with Gasteiger partial charge >= 0.3 is 6.09 Å². The van der Waals surface area contributed by atoms with Crippen LogP contribution in [0.3, 0.4) is 0 Å². The number of carbonyl (C=O) groups is 2. The van der Waals surface area contributed by atoms with E-state index in [1.807, 2.05) is 41.3 Å². The number of fused-ring (bicyclic) bond motifs is 1. The lowest BCUT2D eigenvalue weighted by Gasteiger charge is -2.46. The molecule has 2 aliphatic rings. The molecule has 172 valence electrons. The summed E-state index contributed by atoms with van der Waals surface area (Å²) >= 11 is 0. The molecular formula is C25H28N4O4. The highest BCUT2D eigenvalue weighted by Gasteiger charge is 2.47. The van der Waals surface area contributed by atoms with Crippen LogP contribution in [-0.4, -0.2) is 36.3 Å². The molecule has 1 heterocycles. The van der Waals surface area contributed by atoms with E-state index in [0.29, 0.717) is 17.2 Å². The first kappa shape index (κ1) is 22.5. The number of ether oxygens (including phenoxy) is 1. The molecule has 4 rings (SSSR count). The first-order valence-corrected chi connectivity index (χ1v) is 11.2. The predicted molar refractivity (Wildman–Crippen MR) is 124 cm³/mol. The van der Waals surface area contributed by atoms with E-state index < -0.39 is 6.09 Å². The molecule has 3 N–H and O–H groups in total. The van der Waals surface area contributed by atoms with Crippen LogP contribution in [0.5, 0.6) is 5.75 Å². The zero-order chi connectivity index (χ0) is 23.5. The lowest BCUT2D eigenvalue weighted by molar-refractivity contribution is -0.117. The summed E-state index contributed by atoms with van der Waals surface area (Å²) in [5, 5.41) is 24.0. The number of rotatable bonds is 7. The number of carboxylic acid groups (broad SMARTS) is 1. The van der Waals surface area contributed by atoms with E-state index in [0.717, 1.165) is 29.8 Å². The van der Waals surface area contributed by atoms with Gasteiger partial charge in [0, 0.05) is 36.3 Å². The van der Waals surface area contributed by atoms with Gasteiger partial charge in [0.25, 0.3) is 0 Å². The number of amides is 2. The smallest absolute Gasteiger partial charge is 0.404 e. The van der Waals surface area contributed by atoms with E-state index in [4.69, 9.17) is 9.84 Å². The van der Waals surface area contributed by atoms with E-state index in [9.17, 15) is 14.9 Å². The van der Waals surface area contributed by atoms with Gasteiger partial charge in [-0.3, -0.25) is 4.79 Å². The highest BCUT2D eigenvalue weighted by molar-refractivity contribution is 5.94. The Morgan fingerprint density at radius 1 is 1.24 bits per heavy atom. The van der Waals surface area contributed by atoms with Crippen LogP contribution in [0, 0.1) is 23.2 Å². The SMILES string of the molecule is CC(=O)N1c2ccc(C#N)cc2[C@H](Nc2cccc(OCCNC(=O)O)c2)[C@@H](C)[C@H]1C1CC1. The van der Waals surface area contributed by atoms with E-state index in [1.54, 1.807) is 13.0 Å². The summed E-state index contributed by atoms with van der Waals surface area (Å²) < 4.78 is 5.68. The number of anilines is 2. The van der Waals surface area contributed by atoms with Gasteiger partial charge in [-0.25, -0.2) is 4.79 Å². The van der Waals surface area contributed by atoms with Crippen molar-refractivity contribution in [2.45, 2.75) is 38.8 Å². The van der Waals surface area contributed by atoms with Gasteiger partial charge in [-0.05, 0) is 54.7 Å². The minimum absolute atomic E-state index is 0.0218. The number of nitrogens with one attached hydrogen (secondary N) is 2. The molecule has 1 fully saturated rings. The van der Waals surface area contributed by atoms with Gasteiger partial charge in [-0.15, -0.1) is 0 Å². The summed E-state index contributed by atoms with van der Waals surface area (Å²) in [6.45, 7) is 4.19. The summed E-state index contributed by atoms with van der Waals surface area (Å²) in [4.78, 5) is 25.2. The number of nitriles is 1. The molecule has 2 aromatic rings. The van der Waals surface area contributed by atoms with Crippen LogP contribution < -0.4 is 20.3 Å². The average Bonchev–Trinajstić information content (AvgIpc) is 3.63. The summed E-state index contributed by atoms with van der Waals surface area (Å²) in [6.07, 6.45) is 1.15. The van der Waals surface area contributed by atoms with Gasteiger partial charge in [0.1, 0.15) is 12.4 Å². The van der Waals surface area contributed by atoms with E-state index in [1.165, 1.54) is 0 Å². The van der Waals surface area contributed by atoms with Crippen molar-refractivity contribution in [2.75, 3.05) is 23.4 Å². The number of nitrogens with zero attached hydrogens (tertiary/aromatic N) is 2. The van der Waals surface area contributed by atoms with Crippen LogP contribution in [-0.2, 0) is 4.79 Å². The van der Waals surface area contributed by atoms with Crippen molar-refractivity contribution in [2.24, 2.45) is 11.8 Å². The maximum Gasteiger partial charge on any atom is 0.404 e. The van der Waals surface area contributed by atoms with Gasteiger partial charge in [0.15, 0.2) is 0 Å². The van der Waals surface area contributed by atoms with E-state index in [-0.39, 0.29) is 37.1 Å². The highest BCUT2D eigenvalue weighted by Crippen LogP contribution is 2.50. The second-order valence-electron chi connectivity index (χ2n) is 8.69. The first-order chi connectivity index (χ1) is 15.9. The summed E-state index contributed by atoms with van der Waals surface area (Å²) in [6, 6.07) is 15.3. The molecule has 0 aromatic heterocycles. The fourth-order valence-electron chi connectivity index (χ4n) is 4.82. The number of benzene rings is 2. The molecule has 0 spiro atoms. The fourth-order valence-corrected chi connectivity index (χ4v) is 4.82. The molecule has 1 aliphatic heterocycles. The minimum Gasteiger partial charge on any atom is -0.492 e. The highest BCUT2D eigenvalue weighted by atomic mass is 16.5. The number of hydrogen-bond donors (Lipinski definition) is 3. The van der Waals surface area contributed by atoms with Crippen molar-refractivity contribution in [3.63, 3.8) is 0 Å². The summed E-state index contributed by atoms with van der Waals surface area (Å²) in [7, 11) is 0. The molecule has 8 nitrogen and oxygen atoms in total. The van der Waals surface area contributed by atoms with Gasteiger partial charge < -0.3 is 25.4 Å². The third-order valence-corrected chi connectivity index (χ3v) is 6.36. The molecular weight excluding hydrogens is 420 g/mol. The third kappa shape index (κ3) is 4.87. The molecule has 2 aromatic carbocycles. The van der Waals surface area contributed by atoms with Crippen molar-refractivity contribution in [3.05, 3.63) is 53.6 Å². The van der Waals surface area contributed by atoms with Crippen molar-refractivity contribution in [1.82, 2.24) is 5.32 Å². The van der Waals surface area contributed by atoms with Crippen LogP contribution in [0.4, 0.5) is 16.2 Å². The Hall–Kier alpha value is -3.73. The fraction of sp³-hybridized carbons (Fsp3) is 0.400. The second kappa shape index (κ2) is 9.41. The number of carbonyl (C=O) groups excluding carboxylic acids is 1. The Bertz CT molecular complexity index is 1090. The maximum absolute atomic E-state index is 12.7. The Labute approximate surface area is 193 Å². The largest absolute Gasteiger partial charge is 0.492 e. The summed E-state index contributed by atoms with van der Waals surface area (Å²) in [5.74, 6) is 1.26. The van der Waals surface area contributed by atoms with Crippen LogP contribution in [0.2, 0.25) is 0 Å². The molecule has 0 unspecified atom stereocenters. The van der Waals surface area contributed by atoms with Crippen LogP contribution in [0.15, 0.2) is 42.5 Å². The Balaban J connectivity index is 1.62. The lowest BCUT2D eigenvalue weighted by Crippen LogP contribution is -2.51. The first-order valence-electron chi connectivity index (χ1n) is 11.2. The summed E-state index contributed by atoms with van der Waals surface area (Å²) in [5.41, 5.74) is 3.21. The topological polar surface area (TPSA) is 115 Å². The van der Waals surface area contributed by atoms with Crippen LogP contribution in [0.1, 0.15) is 43.9 Å². The maximum atomic E-state index is 12.7. The van der Waals surface area contributed by atoms with Crippen LogP contribution >= 0.6 is 0 Å². The van der Waals surface area contributed by atoms with Gasteiger partial charge in [-0.2, -0.15) is 5.26 Å². The molecule has 2 amide bonds. The molecule has 1 aliphatic carbocycles. The normalized spacial score (nSPS) is 21.5. The molecule has 0 saturated heterocycles. The Kier molecular flexibility index (Phi) is 6.40. The zero-order valence-electron chi connectivity index (χ0n) is 18.7. The van der Waals surface area contributed by atoms with Gasteiger partial charge in [0.2, 0.25) is 5.91 Å². The third-order valence-electron chi connectivity index (χ3n) is 6.36. The van der Waals surface area contributed by atoms with Gasteiger partial charge in [0.05, 0.1) is 24.2 Å². The molecule has 33 heavy (non-hydrogen) atoms. The van der Waals surface area contributed by atoms with Crippen molar-refractivity contribution in [3.8, 4) is 11.8 Å². The standard InChI is InChI=1S/C25H28N4O4/c1-15-23(28-19-4-3-5-20(13-19)33-11-10-27-25(31)32)21-12-17(14-26)6-9-22(21)29(16(2)30)24(15)18-7-8-18/h3-6,9,12-13,15,18,23-24,27-28H,7-8,10-11H2,1-2H3,(H,31,32)/t15-,23-,24+/m1/s1. The predicted octanol–water partition coefficient (Wildman–Crippen LogP) is 4.14. The second-order valence-corrected chi connectivity index (χ2v) is 8.69. The van der Waals surface area contributed by atoms with Crippen molar-refractivity contribution >= 4 is 23.4 Å². The quantitative estimate of drug-likeness (QED) is 0.549. The van der Waals surface area contributed by atoms with Crippen molar-refractivity contribution < 1.29 is 19.4 Å². The lowest BCUT2D eigenvalue weighted by atomic mass is 9.79. The minimum atomic E-state index is -1.08. The Morgan fingerprint density at radius 2 is 2.03 bits per heavy atom. The van der Waals surface area contributed by atoms with E-state index in [2.05, 4.69) is 23.6 Å².